The predicted octanol–water partition coefficient (Wildman–Crippen LogP) is 2.85. The van der Waals surface area contributed by atoms with E-state index in [4.69, 9.17) is 15.0 Å². The van der Waals surface area contributed by atoms with Gasteiger partial charge in [-0.1, -0.05) is 28.6 Å². The second-order valence-electron chi connectivity index (χ2n) is 7.73. The monoisotopic (exact) mass is 500 g/mol. The van der Waals surface area contributed by atoms with Gasteiger partial charge in [0.1, 0.15) is 4.88 Å². The van der Waals surface area contributed by atoms with Crippen molar-refractivity contribution in [2.75, 3.05) is 18.5 Å². The summed E-state index contributed by atoms with van der Waals surface area (Å²) in [5.41, 5.74) is 7.17. The van der Waals surface area contributed by atoms with Gasteiger partial charge < -0.3 is 25.6 Å². The number of amides is 2. The number of anilines is 1. The van der Waals surface area contributed by atoms with E-state index in [1.165, 1.54) is 0 Å². The molecular weight excluding hydrogens is 472 g/mol. The summed E-state index contributed by atoms with van der Waals surface area (Å²) >= 11 is 1.05. The number of nitrogens with one attached hydrogen (secondary N) is 2. The summed E-state index contributed by atoms with van der Waals surface area (Å²) in [5.74, 6) is -0.344. The van der Waals surface area contributed by atoms with Crippen molar-refractivity contribution in [3.05, 3.63) is 46.3 Å². The maximum absolute atomic E-state index is 12.9. The van der Waals surface area contributed by atoms with E-state index in [1.54, 1.807) is 45.0 Å². The number of aromatic nitrogens is 3. The molecule has 11 nitrogen and oxygen atoms in total. The number of nitrogens with zero attached hydrogens (tertiary/aromatic N) is 3. The van der Waals surface area contributed by atoms with Crippen molar-refractivity contribution < 1.29 is 23.6 Å². The number of hydrogen-bond acceptors (Lipinski definition) is 10. The number of rotatable bonds is 11. The Labute approximate surface area is 206 Å². The van der Waals surface area contributed by atoms with Gasteiger partial charge >= 0.3 is 5.97 Å². The van der Waals surface area contributed by atoms with Crippen molar-refractivity contribution in [3.8, 4) is 11.4 Å². The third-order valence-electron chi connectivity index (χ3n) is 4.94. The number of nitrogens with two attached hydrogens (primary N) is 1. The summed E-state index contributed by atoms with van der Waals surface area (Å²) in [4.78, 5) is 46.4. The van der Waals surface area contributed by atoms with Gasteiger partial charge in [0.25, 0.3) is 5.91 Å². The van der Waals surface area contributed by atoms with Gasteiger partial charge in [-0.05, 0) is 45.4 Å². The number of esters is 1. The highest BCUT2D eigenvalue weighted by Gasteiger charge is 2.21. The molecule has 0 aliphatic carbocycles. The molecule has 0 bridgehead atoms. The van der Waals surface area contributed by atoms with E-state index >= 15 is 0 Å². The zero-order chi connectivity index (χ0) is 25.4. The minimum Gasteiger partial charge on any atom is -0.462 e. The molecule has 2 amide bonds. The normalized spacial score (nSPS) is 11.7. The van der Waals surface area contributed by atoms with Crippen LogP contribution in [0.5, 0.6) is 0 Å². The number of hydrogen-bond donors (Lipinski definition) is 3. The zero-order valence-electron chi connectivity index (χ0n) is 19.8. The average Bonchev–Trinajstić information content (AvgIpc) is 3.42. The third kappa shape index (κ3) is 7.17. The number of carbonyl (C=O) groups is 3. The number of carbonyl (C=O) groups excluding carboxylic acids is 3. The van der Waals surface area contributed by atoms with Crippen molar-refractivity contribution in [1.29, 1.82) is 0 Å². The van der Waals surface area contributed by atoms with E-state index in [-0.39, 0.29) is 24.8 Å². The zero-order valence-corrected chi connectivity index (χ0v) is 20.6. The van der Waals surface area contributed by atoms with Crippen LogP contribution < -0.4 is 16.4 Å². The number of aryl methyl sites for hydroxylation is 2. The molecule has 0 fully saturated rings. The van der Waals surface area contributed by atoms with Crippen LogP contribution in [0.2, 0.25) is 0 Å². The number of benzene rings is 1. The average molecular weight is 501 g/mol. The molecule has 2 aromatic heterocycles. The molecule has 0 saturated carbocycles. The second kappa shape index (κ2) is 12.2. The lowest BCUT2D eigenvalue weighted by molar-refractivity contribution is -0.116. The molecule has 0 aliphatic rings. The largest absolute Gasteiger partial charge is 0.462 e. The lowest BCUT2D eigenvalue weighted by Gasteiger charge is -2.18. The second-order valence-corrected chi connectivity index (χ2v) is 8.72. The topological polar surface area (TPSA) is 162 Å². The fraction of sp³-hybridized carbons (Fsp3) is 0.391. The SMILES string of the molecule is CCOC(=O)c1sc(NC(=O)C[C@H](CCCN)NC(=O)c2cccc(-c3noc(C)n3)c2)nc1C. The fourth-order valence-corrected chi connectivity index (χ4v) is 4.18. The molecule has 1 atom stereocenters. The van der Waals surface area contributed by atoms with Crippen LogP contribution in [0.3, 0.4) is 0 Å². The number of thiazole rings is 1. The molecule has 3 rings (SSSR count). The van der Waals surface area contributed by atoms with Crippen molar-refractivity contribution >= 4 is 34.3 Å². The summed E-state index contributed by atoms with van der Waals surface area (Å²) in [7, 11) is 0. The Hall–Kier alpha value is -3.64. The van der Waals surface area contributed by atoms with Crippen molar-refractivity contribution in [2.24, 2.45) is 5.73 Å². The summed E-state index contributed by atoms with van der Waals surface area (Å²) in [6, 6.07) is 6.38. The standard InChI is InChI=1S/C23H28N6O5S/c1-4-33-22(32)19-13(2)25-23(35-19)28-18(30)12-17(9-6-10-24)27-21(31)16-8-5-7-15(11-16)20-26-14(3)34-29-20/h5,7-8,11,17H,4,6,9-10,12,24H2,1-3H3,(H,27,31)(H,25,28,30)/t17-/m0/s1. The molecule has 0 aliphatic heterocycles. The van der Waals surface area contributed by atoms with Crippen LogP contribution in [-0.4, -0.2) is 52.1 Å². The van der Waals surface area contributed by atoms with E-state index < -0.39 is 12.0 Å². The first kappa shape index (κ1) is 26.0. The molecule has 0 radical (unpaired) electrons. The molecular formula is C23H28N6O5S. The van der Waals surface area contributed by atoms with Crippen LogP contribution in [-0.2, 0) is 9.53 Å². The van der Waals surface area contributed by atoms with Gasteiger partial charge in [0.15, 0.2) is 5.13 Å². The molecule has 12 heteroatoms. The lowest BCUT2D eigenvalue weighted by Crippen LogP contribution is -2.38. The van der Waals surface area contributed by atoms with Gasteiger partial charge in [-0.3, -0.25) is 9.59 Å². The Bertz CT molecular complexity index is 1190. The Morgan fingerprint density at radius 1 is 1.23 bits per heavy atom. The van der Waals surface area contributed by atoms with Gasteiger partial charge in [-0.15, -0.1) is 0 Å². The fourth-order valence-electron chi connectivity index (χ4n) is 3.30. The minimum absolute atomic E-state index is 0.0167. The molecule has 186 valence electrons. The molecule has 35 heavy (non-hydrogen) atoms. The Morgan fingerprint density at radius 3 is 2.71 bits per heavy atom. The first-order chi connectivity index (χ1) is 16.8. The first-order valence-corrected chi connectivity index (χ1v) is 12.0. The molecule has 2 heterocycles. The van der Waals surface area contributed by atoms with E-state index in [2.05, 4.69) is 25.8 Å². The molecule has 0 unspecified atom stereocenters. The predicted molar refractivity (Wildman–Crippen MR) is 130 cm³/mol. The number of ether oxygens (including phenoxy) is 1. The van der Waals surface area contributed by atoms with Gasteiger partial charge in [0.05, 0.1) is 12.3 Å². The van der Waals surface area contributed by atoms with Crippen molar-refractivity contribution in [2.45, 2.75) is 46.1 Å². The van der Waals surface area contributed by atoms with Crippen LogP contribution in [0.25, 0.3) is 11.4 Å². The smallest absolute Gasteiger partial charge is 0.350 e. The first-order valence-electron chi connectivity index (χ1n) is 11.2. The van der Waals surface area contributed by atoms with E-state index in [0.29, 0.717) is 57.9 Å². The van der Waals surface area contributed by atoms with E-state index in [9.17, 15) is 14.4 Å². The van der Waals surface area contributed by atoms with Crippen LogP contribution >= 0.6 is 11.3 Å². The Morgan fingerprint density at radius 2 is 2.03 bits per heavy atom. The summed E-state index contributed by atoms with van der Waals surface area (Å²) in [5, 5.41) is 9.79. The molecule has 0 spiro atoms. The van der Waals surface area contributed by atoms with Crippen LogP contribution in [0.4, 0.5) is 5.13 Å². The third-order valence-corrected chi connectivity index (χ3v) is 5.99. The van der Waals surface area contributed by atoms with Gasteiger partial charge in [0, 0.05) is 30.5 Å². The highest BCUT2D eigenvalue weighted by Crippen LogP contribution is 2.24. The molecule has 0 saturated heterocycles. The molecule has 1 aromatic carbocycles. The Balaban J connectivity index is 1.66. The van der Waals surface area contributed by atoms with Crippen LogP contribution in [0.1, 0.15) is 57.8 Å². The van der Waals surface area contributed by atoms with Crippen LogP contribution in [0, 0.1) is 13.8 Å². The summed E-state index contributed by atoms with van der Waals surface area (Å²) in [6.07, 6.45) is 1.16. The lowest BCUT2D eigenvalue weighted by atomic mass is 10.1. The van der Waals surface area contributed by atoms with Crippen molar-refractivity contribution in [3.63, 3.8) is 0 Å². The highest BCUT2D eigenvalue weighted by atomic mass is 32.1. The summed E-state index contributed by atoms with van der Waals surface area (Å²) < 4.78 is 10.0. The van der Waals surface area contributed by atoms with E-state index in [1.807, 2.05) is 0 Å². The van der Waals surface area contributed by atoms with Gasteiger partial charge in [-0.25, -0.2) is 9.78 Å². The maximum Gasteiger partial charge on any atom is 0.350 e. The molecule has 3 aromatic rings. The minimum atomic E-state index is -0.478. The van der Waals surface area contributed by atoms with Gasteiger partial charge in [0.2, 0.25) is 17.6 Å². The quantitative estimate of drug-likeness (QED) is 0.336. The summed E-state index contributed by atoms with van der Waals surface area (Å²) in [6.45, 7) is 5.75. The highest BCUT2D eigenvalue weighted by molar-refractivity contribution is 7.17. The molecule has 4 N–H and O–H groups in total. The van der Waals surface area contributed by atoms with Gasteiger partial charge in [-0.2, -0.15) is 4.98 Å². The van der Waals surface area contributed by atoms with Crippen molar-refractivity contribution in [1.82, 2.24) is 20.4 Å². The van der Waals surface area contributed by atoms with E-state index in [0.717, 1.165) is 11.3 Å². The Kier molecular flexibility index (Phi) is 9.04. The maximum atomic E-state index is 12.9. The van der Waals surface area contributed by atoms with Crippen LogP contribution in [0.15, 0.2) is 28.8 Å².